The molecule has 1 rings (SSSR count). The molecule has 1 aromatic carbocycles. The number of halogens is 2. The van der Waals surface area contributed by atoms with Gasteiger partial charge in [-0.1, -0.05) is 6.08 Å². The van der Waals surface area contributed by atoms with Crippen LogP contribution in [0.2, 0.25) is 0 Å². The Morgan fingerprint density at radius 3 is 2.71 bits per heavy atom. The zero-order chi connectivity index (χ0) is 10.4. The Labute approximate surface area is 80.4 Å². The Morgan fingerprint density at radius 1 is 1.29 bits per heavy atom. The average molecular weight is 200 g/mol. The van der Waals surface area contributed by atoms with Gasteiger partial charge in [0, 0.05) is 6.07 Å². The number of benzene rings is 1. The molecular weight excluding hydrogens is 190 g/mol. The molecule has 0 aromatic heterocycles. The van der Waals surface area contributed by atoms with Gasteiger partial charge in [0.25, 0.3) is 0 Å². The van der Waals surface area contributed by atoms with Crippen molar-refractivity contribution in [3.8, 4) is 5.75 Å². The summed E-state index contributed by atoms with van der Waals surface area (Å²) < 4.78 is 30.3. The first-order valence-electron chi connectivity index (χ1n) is 4.07. The summed E-state index contributed by atoms with van der Waals surface area (Å²) >= 11 is 0. The zero-order valence-corrected chi connectivity index (χ0v) is 7.41. The van der Waals surface area contributed by atoms with Gasteiger partial charge in [0.15, 0.2) is 11.6 Å². The lowest BCUT2D eigenvalue weighted by Gasteiger charge is -2.03. The SMILES string of the molecule is OC/C=C/COc1ccc(F)cc1F. The minimum Gasteiger partial charge on any atom is -0.486 e. The molecule has 0 aliphatic rings. The van der Waals surface area contributed by atoms with Gasteiger partial charge in [0.2, 0.25) is 0 Å². The second kappa shape index (κ2) is 5.34. The van der Waals surface area contributed by atoms with Crippen molar-refractivity contribution in [3.63, 3.8) is 0 Å². The molecule has 14 heavy (non-hydrogen) atoms. The van der Waals surface area contributed by atoms with Crippen LogP contribution in [0.25, 0.3) is 0 Å². The van der Waals surface area contributed by atoms with Gasteiger partial charge in [-0.15, -0.1) is 0 Å². The zero-order valence-electron chi connectivity index (χ0n) is 7.41. The van der Waals surface area contributed by atoms with Crippen LogP contribution in [-0.4, -0.2) is 18.3 Å². The van der Waals surface area contributed by atoms with Gasteiger partial charge in [-0.05, 0) is 18.2 Å². The number of hydrogen-bond donors (Lipinski definition) is 1. The van der Waals surface area contributed by atoms with Gasteiger partial charge in [-0.3, -0.25) is 0 Å². The van der Waals surface area contributed by atoms with Crippen LogP contribution in [-0.2, 0) is 0 Å². The maximum atomic E-state index is 12.9. The van der Waals surface area contributed by atoms with E-state index in [-0.39, 0.29) is 19.0 Å². The second-order valence-corrected chi connectivity index (χ2v) is 2.54. The molecule has 0 aliphatic carbocycles. The summed E-state index contributed by atoms with van der Waals surface area (Å²) in [6, 6.07) is 3.09. The third-order valence-electron chi connectivity index (χ3n) is 1.50. The Hall–Kier alpha value is -1.42. The number of aliphatic hydroxyl groups excluding tert-OH is 1. The largest absolute Gasteiger partial charge is 0.486 e. The van der Waals surface area contributed by atoms with E-state index in [1.165, 1.54) is 12.1 Å². The Morgan fingerprint density at radius 2 is 2.07 bits per heavy atom. The summed E-state index contributed by atoms with van der Waals surface area (Å²) in [6.45, 7) is 0.0539. The molecule has 1 N–H and O–H groups in total. The van der Waals surface area contributed by atoms with E-state index in [0.29, 0.717) is 0 Å². The first-order valence-corrected chi connectivity index (χ1v) is 4.07. The average Bonchev–Trinajstić information content (AvgIpc) is 2.15. The highest BCUT2D eigenvalue weighted by molar-refractivity contribution is 5.24. The molecule has 0 fully saturated rings. The van der Waals surface area contributed by atoms with Crippen LogP contribution in [0.5, 0.6) is 5.75 Å². The van der Waals surface area contributed by atoms with Gasteiger partial charge >= 0.3 is 0 Å². The van der Waals surface area contributed by atoms with E-state index < -0.39 is 11.6 Å². The van der Waals surface area contributed by atoms with E-state index in [2.05, 4.69) is 0 Å². The molecule has 0 spiro atoms. The van der Waals surface area contributed by atoms with Gasteiger partial charge in [0.1, 0.15) is 12.4 Å². The van der Waals surface area contributed by atoms with Crippen molar-refractivity contribution in [3.05, 3.63) is 42.0 Å². The van der Waals surface area contributed by atoms with E-state index in [1.54, 1.807) is 6.08 Å². The molecule has 0 saturated heterocycles. The Balaban J connectivity index is 2.55. The summed E-state index contributed by atoms with van der Waals surface area (Å²) in [6.07, 6.45) is 3.02. The molecule has 1 aromatic rings. The van der Waals surface area contributed by atoms with Crippen molar-refractivity contribution >= 4 is 0 Å². The number of ether oxygens (including phenoxy) is 1. The number of hydrogen-bond acceptors (Lipinski definition) is 2. The highest BCUT2D eigenvalue weighted by atomic mass is 19.1. The van der Waals surface area contributed by atoms with Gasteiger partial charge < -0.3 is 9.84 Å². The third-order valence-corrected chi connectivity index (χ3v) is 1.50. The molecular formula is C10H10F2O2. The summed E-state index contributed by atoms with van der Waals surface area (Å²) in [5, 5.41) is 8.39. The first-order chi connectivity index (χ1) is 6.74. The molecule has 0 unspecified atom stereocenters. The predicted octanol–water partition coefficient (Wildman–Crippen LogP) is 1.89. The maximum Gasteiger partial charge on any atom is 0.167 e. The Bertz CT molecular complexity index is 324. The van der Waals surface area contributed by atoms with Crippen LogP contribution in [0.15, 0.2) is 30.4 Å². The molecule has 0 atom stereocenters. The molecule has 2 nitrogen and oxygen atoms in total. The van der Waals surface area contributed by atoms with Crippen LogP contribution in [0.4, 0.5) is 8.78 Å². The van der Waals surface area contributed by atoms with E-state index in [4.69, 9.17) is 9.84 Å². The van der Waals surface area contributed by atoms with Crippen LogP contribution in [0.1, 0.15) is 0 Å². The maximum absolute atomic E-state index is 12.9. The van der Waals surface area contributed by atoms with E-state index in [0.717, 1.165) is 12.1 Å². The van der Waals surface area contributed by atoms with Gasteiger partial charge in [0.05, 0.1) is 6.61 Å². The molecule has 0 saturated carbocycles. The molecule has 0 amide bonds. The van der Waals surface area contributed by atoms with E-state index in [1.807, 2.05) is 0 Å². The van der Waals surface area contributed by atoms with Gasteiger partial charge in [-0.2, -0.15) is 0 Å². The van der Waals surface area contributed by atoms with Crippen LogP contribution < -0.4 is 4.74 Å². The standard InChI is InChI=1S/C10H10F2O2/c11-8-3-4-10(9(12)7-8)14-6-2-1-5-13/h1-4,7,13H,5-6H2/b2-1+. The van der Waals surface area contributed by atoms with Crippen LogP contribution in [0.3, 0.4) is 0 Å². The summed E-state index contributed by atoms with van der Waals surface area (Å²) in [4.78, 5) is 0. The molecule has 0 radical (unpaired) electrons. The van der Waals surface area contributed by atoms with Crippen molar-refractivity contribution in [1.29, 1.82) is 0 Å². The lowest BCUT2D eigenvalue weighted by Crippen LogP contribution is -1.96. The quantitative estimate of drug-likeness (QED) is 0.752. The third kappa shape index (κ3) is 3.14. The second-order valence-electron chi connectivity index (χ2n) is 2.54. The number of rotatable bonds is 4. The van der Waals surface area contributed by atoms with Crippen molar-refractivity contribution in [1.82, 2.24) is 0 Å². The van der Waals surface area contributed by atoms with Crippen molar-refractivity contribution in [2.24, 2.45) is 0 Å². The minimum absolute atomic E-state index is 0.00557. The smallest absolute Gasteiger partial charge is 0.167 e. The van der Waals surface area contributed by atoms with Crippen LogP contribution in [0, 0.1) is 11.6 Å². The summed E-state index contributed by atoms with van der Waals surface area (Å²) in [5.41, 5.74) is 0. The highest BCUT2D eigenvalue weighted by Gasteiger charge is 2.02. The number of aliphatic hydroxyl groups is 1. The minimum atomic E-state index is -0.734. The normalized spacial score (nSPS) is 10.8. The highest BCUT2D eigenvalue weighted by Crippen LogP contribution is 2.17. The topological polar surface area (TPSA) is 29.5 Å². The van der Waals surface area contributed by atoms with E-state index in [9.17, 15) is 8.78 Å². The fourth-order valence-electron chi connectivity index (χ4n) is 0.873. The molecule has 76 valence electrons. The fraction of sp³-hybridized carbons (Fsp3) is 0.200. The van der Waals surface area contributed by atoms with Crippen molar-refractivity contribution < 1.29 is 18.6 Å². The van der Waals surface area contributed by atoms with Crippen molar-refractivity contribution in [2.45, 2.75) is 0 Å². The molecule has 0 aliphatic heterocycles. The predicted molar refractivity (Wildman–Crippen MR) is 48.1 cm³/mol. The van der Waals surface area contributed by atoms with Gasteiger partial charge in [-0.25, -0.2) is 8.78 Å². The molecule has 0 bridgehead atoms. The Kier molecular flexibility index (Phi) is 4.07. The summed E-state index contributed by atoms with van der Waals surface area (Å²) in [7, 11) is 0. The first kappa shape index (κ1) is 10.7. The van der Waals surface area contributed by atoms with Crippen LogP contribution >= 0.6 is 0 Å². The fourth-order valence-corrected chi connectivity index (χ4v) is 0.873. The monoisotopic (exact) mass is 200 g/mol. The lowest BCUT2D eigenvalue weighted by molar-refractivity contribution is 0.329. The van der Waals surface area contributed by atoms with E-state index >= 15 is 0 Å². The molecule has 0 heterocycles. The van der Waals surface area contributed by atoms with Crippen molar-refractivity contribution in [2.75, 3.05) is 13.2 Å². The molecule has 4 heteroatoms. The lowest BCUT2D eigenvalue weighted by atomic mass is 10.3. The summed E-state index contributed by atoms with van der Waals surface area (Å²) in [5.74, 6) is -1.38.